The Morgan fingerprint density at radius 2 is 2.21 bits per heavy atom. The summed E-state index contributed by atoms with van der Waals surface area (Å²) in [4.78, 5) is 23.8. The van der Waals surface area contributed by atoms with Gasteiger partial charge in [0.15, 0.2) is 5.67 Å². The molecule has 0 aromatic heterocycles. The number of amides is 2. The Morgan fingerprint density at radius 1 is 1.64 bits per heavy atom. The molecule has 5 heteroatoms. The maximum Gasteiger partial charge on any atom is 0.257 e. The van der Waals surface area contributed by atoms with Crippen molar-refractivity contribution >= 4 is 11.8 Å². The first kappa shape index (κ1) is 10.9. The van der Waals surface area contributed by atoms with Gasteiger partial charge in [-0.15, -0.1) is 0 Å². The molecule has 0 radical (unpaired) electrons. The zero-order valence-electron chi connectivity index (χ0n) is 8.63. The number of nitrogens with one attached hydrogen (secondary N) is 1. The van der Waals surface area contributed by atoms with E-state index in [1.165, 1.54) is 18.7 Å². The van der Waals surface area contributed by atoms with Crippen molar-refractivity contribution in [2.45, 2.75) is 32.0 Å². The summed E-state index contributed by atoms with van der Waals surface area (Å²) in [5.74, 6) is -0.683. The largest absolute Gasteiger partial charge is 0.348 e. The normalized spacial score (nSPS) is 22.7. The second kappa shape index (κ2) is 3.55. The van der Waals surface area contributed by atoms with Crippen molar-refractivity contribution in [3.8, 4) is 0 Å². The van der Waals surface area contributed by atoms with E-state index in [-0.39, 0.29) is 18.4 Å². The van der Waals surface area contributed by atoms with E-state index in [1.54, 1.807) is 7.05 Å². The van der Waals surface area contributed by atoms with Gasteiger partial charge in [0.1, 0.15) is 0 Å². The molecule has 80 valence electrons. The molecular formula is C9H15FN2O2. The summed E-state index contributed by atoms with van der Waals surface area (Å²) in [5.41, 5.74) is -1.88. The zero-order chi connectivity index (χ0) is 10.9. The number of halogens is 1. The maximum absolute atomic E-state index is 13.1. The standard InChI is InChI=1S/C9H15FN2O2/c1-9(2,10)8(14)11-6-4-7(13)12(3)5-6/h6H,4-5H2,1-3H3,(H,11,14). The molecule has 0 bridgehead atoms. The number of carbonyl (C=O) groups excluding carboxylic acids is 2. The summed E-state index contributed by atoms with van der Waals surface area (Å²) in [6.45, 7) is 2.85. The van der Waals surface area contributed by atoms with E-state index in [9.17, 15) is 14.0 Å². The smallest absolute Gasteiger partial charge is 0.257 e. The van der Waals surface area contributed by atoms with Gasteiger partial charge in [-0.25, -0.2) is 4.39 Å². The van der Waals surface area contributed by atoms with Crippen molar-refractivity contribution in [2.24, 2.45) is 0 Å². The van der Waals surface area contributed by atoms with E-state index < -0.39 is 11.6 Å². The van der Waals surface area contributed by atoms with Gasteiger partial charge in [0, 0.05) is 20.0 Å². The third kappa shape index (κ3) is 2.43. The number of likely N-dealkylation sites (N-methyl/N-ethyl adjacent to an activating group) is 1. The molecule has 0 aromatic carbocycles. The van der Waals surface area contributed by atoms with Crippen molar-refractivity contribution in [2.75, 3.05) is 13.6 Å². The molecule has 1 aliphatic heterocycles. The summed E-state index contributed by atoms with van der Waals surface area (Å²) in [6.07, 6.45) is 0.262. The first-order valence-electron chi connectivity index (χ1n) is 4.54. The summed E-state index contributed by atoms with van der Waals surface area (Å²) in [5, 5.41) is 2.50. The van der Waals surface area contributed by atoms with Crippen LogP contribution in [0, 0.1) is 0 Å². The van der Waals surface area contributed by atoms with Gasteiger partial charge < -0.3 is 10.2 Å². The number of hydrogen-bond acceptors (Lipinski definition) is 2. The van der Waals surface area contributed by atoms with Crippen molar-refractivity contribution in [3.05, 3.63) is 0 Å². The second-order valence-corrected chi connectivity index (χ2v) is 4.12. The molecule has 2 amide bonds. The summed E-state index contributed by atoms with van der Waals surface area (Å²) < 4.78 is 13.1. The van der Waals surface area contributed by atoms with E-state index in [2.05, 4.69) is 5.32 Å². The van der Waals surface area contributed by atoms with Crippen LogP contribution in [-0.4, -0.2) is 42.0 Å². The van der Waals surface area contributed by atoms with Gasteiger partial charge >= 0.3 is 0 Å². The predicted molar refractivity (Wildman–Crippen MR) is 49.4 cm³/mol. The predicted octanol–water partition coefficient (Wildman–Crippen LogP) is 0.0814. The molecule has 14 heavy (non-hydrogen) atoms. The molecule has 0 saturated carbocycles. The van der Waals surface area contributed by atoms with Crippen molar-refractivity contribution in [1.82, 2.24) is 10.2 Å². The highest BCUT2D eigenvalue weighted by Crippen LogP contribution is 2.12. The molecule has 1 rings (SSSR count). The van der Waals surface area contributed by atoms with Gasteiger partial charge in [0.25, 0.3) is 5.91 Å². The summed E-state index contributed by atoms with van der Waals surface area (Å²) in [6, 6.07) is -0.255. The van der Waals surface area contributed by atoms with Crippen LogP contribution in [0.3, 0.4) is 0 Å². The van der Waals surface area contributed by atoms with Crippen molar-refractivity contribution < 1.29 is 14.0 Å². The third-order valence-corrected chi connectivity index (χ3v) is 2.22. The minimum Gasteiger partial charge on any atom is -0.348 e. The van der Waals surface area contributed by atoms with Crippen LogP contribution < -0.4 is 5.32 Å². The van der Waals surface area contributed by atoms with Crippen LogP contribution in [0.4, 0.5) is 4.39 Å². The van der Waals surface area contributed by atoms with Crippen LogP contribution in [-0.2, 0) is 9.59 Å². The Kier molecular flexibility index (Phi) is 2.78. The molecule has 0 aromatic rings. The van der Waals surface area contributed by atoms with Crippen LogP contribution in [0.1, 0.15) is 20.3 Å². The van der Waals surface area contributed by atoms with Gasteiger partial charge in [-0.3, -0.25) is 9.59 Å². The van der Waals surface area contributed by atoms with Crippen LogP contribution >= 0.6 is 0 Å². The maximum atomic E-state index is 13.1. The number of hydrogen-bond donors (Lipinski definition) is 1. The summed E-state index contributed by atoms with van der Waals surface area (Å²) in [7, 11) is 1.66. The quantitative estimate of drug-likeness (QED) is 0.689. The Hall–Kier alpha value is -1.13. The fourth-order valence-electron chi connectivity index (χ4n) is 1.32. The van der Waals surface area contributed by atoms with E-state index in [4.69, 9.17) is 0 Å². The first-order valence-corrected chi connectivity index (χ1v) is 4.54. The Bertz CT molecular complexity index is 260. The van der Waals surface area contributed by atoms with E-state index in [0.29, 0.717) is 6.54 Å². The zero-order valence-corrected chi connectivity index (χ0v) is 8.63. The van der Waals surface area contributed by atoms with E-state index >= 15 is 0 Å². The van der Waals surface area contributed by atoms with Gasteiger partial charge in [0.2, 0.25) is 5.91 Å². The monoisotopic (exact) mass is 202 g/mol. The molecule has 1 N–H and O–H groups in total. The highest BCUT2D eigenvalue weighted by Gasteiger charge is 2.33. The molecule has 1 aliphatic rings. The lowest BCUT2D eigenvalue weighted by Gasteiger charge is -2.18. The van der Waals surface area contributed by atoms with E-state index in [0.717, 1.165) is 0 Å². The number of alkyl halides is 1. The van der Waals surface area contributed by atoms with Crippen LogP contribution in [0.5, 0.6) is 0 Å². The Morgan fingerprint density at radius 3 is 2.57 bits per heavy atom. The molecular weight excluding hydrogens is 187 g/mol. The average Bonchev–Trinajstić information content (AvgIpc) is 2.29. The summed E-state index contributed by atoms with van der Waals surface area (Å²) >= 11 is 0. The molecule has 0 aliphatic carbocycles. The van der Waals surface area contributed by atoms with E-state index in [1.807, 2.05) is 0 Å². The van der Waals surface area contributed by atoms with Crippen molar-refractivity contribution in [3.63, 3.8) is 0 Å². The lowest BCUT2D eigenvalue weighted by molar-refractivity contribution is -0.131. The van der Waals surface area contributed by atoms with Crippen molar-refractivity contribution in [1.29, 1.82) is 0 Å². The molecule has 1 saturated heterocycles. The van der Waals surface area contributed by atoms with Crippen LogP contribution in [0.25, 0.3) is 0 Å². The Labute approximate surface area is 82.5 Å². The van der Waals surface area contributed by atoms with Crippen LogP contribution in [0.15, 0.2) is 0 Å². The number of nitrogens with zero attached hydrogens (tertiary/aromatic N) is 1. The third-order valence-electron chi connectivity index (χ3n) is 2.22. The minimum atomic E-state index is -1.88. The number of rotatable bonds is 2. The Balaban J connectivity index is 2.48. The number of carbonyl (C=O) groups is 2. The number of likely N-dealkylation sites (tertiary alicyclic amines) is 1. The highest BCUT2D eigenvalue weighted by atomic mass is 19.1. The second-order valence-electron chi connectivity index (χ2n) is 4.12. The molecule has 0 spiro atoms. The molecule has 1 unspecified atom stereocenters. The SMILES string of the molecule is CN1CC(NC(=O)C(C)(C)F)CC1=O. The first-order chi connectivity index (χ1) is 6.30. The molecule has 1 atom stereocenters. The average molecular weight is 202 g/mol. The molecule has 1 heterocycles. The fourth-order valence-corrected chi connectivity index (χ4v) is 1.32. The lowest BCUT2D eigenvalue weighted by Crippen LogP contribution is -2.45. The minimum absolute atomic E-state index is 0.0213. The van der Waals surface area contributed by atoms with Gasteiger partial charge in [-0.2, -0.15) is 0 Å². The molecule has 1 fully saturated rings. The topological polar surface area (TPSA) is 49.4 Å². The van der Waals surface area contributed by atoms with Gasteiger partial charge in [-0.1, -0.05) is 0 Å². The van der Waals surface area contributed by atoms with Gasteiger partial charge in [0.05, 0.1) is 6.04 Å². The van der Waals surface area contributed by atoms with Crippen LogP contribution in [0.2, 0.25) is 0 Å². The van der Waals surface area contributed by atoms with Gasteiger partial charge in [-0.05, 0) is 13.8 Å². The fraction of sp³-hybridized carbons (Fsp3) is 0.778. The lowest BCUT2D eigenvalue weighted by atomic mass is 10.1. The highest BCUT2D eigenvalue weighted by molar-refractivity contribution is 5.86. The molecule has 4 nitrogen and oxygen atoms in total.